The van der Waals surface area contributed by atoms with Gasteiger partial charge in [0.05, 0.1) is 17.6 Å². The minimum Gasteiger partial charge on any atom is -0.479 e. The largest absolute Gasteiger partial charge is 0.479 e. The third kappa shape index (κ3) is 10.7. The van der Waals surface area contributed by atoms with Crippen LogP contribution in [0.15, 0.2) is 18.2 Å². The van der Waals surface area contributed by atoms with Crippen molar-refractivity contribution in [1.29, 1.82) is 0 Å². The Bertz CT molecular complexity index is 1710. The summed E-state index contributed by atoms with van der Waals surface area (Å²) < 4.78 is 14.5. The summed E-state index contributed by atoms with van der Waals surface area (Å²) in [6, 6.07) is 4.83. The number of nitrogens with zero attached hydrogens (tertiary/aromatic N) is 1. The summed E-state index contributed by atoms with van der Waals surface area (Å²) in [7, 11) is 0. The Morgan fingerprint density at radius 2 is 1.55 bits per heavy atom. The number of anilines is 2. The SMILES string of the molecule is CCN(CC)CCNC(=O)c1c(C)[nH]c(/C=C2\C(=O)Nc3ccc(NC(=O)CCC(=O)O[C@@H](C)C(=O)O[C@@H](C)C(=O)O[C@@H](C)C(=O)O)cc32)c1C. The van der Waals surface area contributed by atoms with Gasteiger partial charge in [-0.2, -0.15) is 0 Å². The highest BCUT2D eigenvalue weighted by molar-refractivity contribution is 6.35. The lowest BCUT2D eigenvalue weighted by molar-refractivity contribution is -0.181. The number of aromatic nitrogens is 1. The molecule has 51 heavy (non-hydrogen) atoms. The maximum atomic E-state index is 13.0. The smallest absolute Gasteiger partial charge is 0.347 e. The van der Waals surface area contributed by atoms with Gasteiger partial charge < -0.3 is 45.2 Å². The molecule has 276 valence electrons. The number of H-pyrrole nitrogens is 1. The first-order chi connectivity index (χ1) is 24.1. The maximum Gasteiger partial charge on any atom is 0.347 e. The van der Waals surface area contributed by atoms with Crippen molar-refractivity contribution in [2.75, 3.05) is 36.8 Å². The standard InChI is InChI=1S/C35H45N5O11/c1-8-40(9-2)15-14-36-32(44)30-18(3)27(37-19(30)4)17-25-24-16-23(10-11-26(24)39-31(25)43)38-28(41)12-13-29(42)49-21(6)34(47)51-22(7)35(48)50-20(5)33(45)46/h10-11,16-17,20-22,37H,8-9,12-15H2,1-7H3,(H,36,44)(H,38,41)(H,39,43)(H,45,46)/b25-17-/t20-,21-,22-/m0/s1. The summed E-state index contributed by atoms with van der Waals surface area (Å²) in [5, 5.41) is 17.3. The molecule has 1 aromatic heterocycles. The van der Waals surface area contributed by atoms with Crippen molar-refractivity contribution in [2.24, 2.45) is 0 Å². The summed E-state index contributed by atoms with van der Waals surface area (Å²) >= 11 is 0. The zero-order chi connectivity index (χ0) is 38.0. The van der Waals surface area contributed by atoms with E-state index in [1.165, 1.54) is 13.8 Å². The van der Waals surface area contributed by atoms with Gasteiger partial charge in [0.25, 0.3) is 11.8 Å². The Hall–Kier alpha value is -5.51. The third-order valence-corrected chi connectivity index (χ3v) is 8.15. The fraction of sp³-hybridized carbons (Fsp3) is 0.457. The van der Waals surface area contributed by atoms with Gasteiger partial charge in [0.2, 0.25) is 5.91 Å². The summed E-state index contributed by atoms with van der Waals surface area (Å²) in [5.41, 5.74) is 4.17. The number of carboxylic acid groups (broad SMARTS) is 1. The number of hydrogen-bond acceptors (Lipinski definition) is 11. The number of aromatic amines is 1. The summed E-state index contributed by atoms with van der Waals surface area (Å²) in [6.45, 7) is 14.2. The zero-order valence-electron chi connectivity index (χ0n) is 29.8. The summed E-state index contributed by atoms with van der Waals surface area (Å²) in [4.78, 5) is 91.3. The van der Waals surface area contributed by atoms with Crippen LogP contribution in [0.3, 0.4) is 0 Å². The first kappa shape index (κ1) is 39.9. The molecule has 1 aromatic carbocycles. The number of carboxylic acids is 1. The second kappa shape index (κ2) is 17.9. The van der Waals surface area contributed by atoms with Crippen LogP contribution in [0.1, 0.15) is 80.3 Å². The van der Waals surface area contributed by atoms with Crippen molar-refractivity contribution in [3.8, 4) is 0 Å². The van der Waals surface area contributed by atoms with E-state index >= 15 is 0 Å². The minimum absolute atomic E-state index is 0.210. The minimum atomic E-state index is -1.45. The van der Waals surface area contributed by atoms with E-state index in [-0.39, 0.29) is 24.7 Å². The summed E-state index contributed by atoms with van der Waals surface area (Å²) in [6.07, 6.45) is -3.35. The lowest BCUT2D eigenvalue weighted by Gasteiger charge is -2.18. The molecule has 0 saturated heterocycles. The van der Waals surface area contributed by atoms with Crippen LogP contribution >= 0.6 is 0 Å². The maximum absolute atomic E-state index is 13.0. The van der Waals surface area contributed by atoms with E-state index in [0.29, 0.717) is 51.6 Å². The van der Waals surface area contributed by atoms with Crippen molar-refractivity contribution < 1.29 is 52.9 Å². The molecule has 16 heteroatoms. The van der Waals surface area contributed by atoms with Crippen molar-refractivity contribution in [1.82, 2.24) is 15.2 Å². The number of amides is 3. The molecule has 3 amide bonds. The number of aliphatic carboxylic acids is 1. The van der Waals surface area contributed by atoms with E-state index in [9.17, 15) is 33.6 Å². The third-order valence-electron chi connectivity index (χ3n) is 8.15. The van der Waals surface area contributed by atoms with Gasteiger partial charge >= 0.3 is 23.9 Å². The number of carbonyl (C=O) groups is 7. The zero-order valence-corrected chi connectivity index (χ0v) is 29.8. The van der Waals surface area contributed by atoms with Crippen molar-refractivity contribution in [2.45, 2.75) is 79.6 Å². The van der Waals surface area contributed by atoms with Crippen molar-refractivity contribution in [3.63, 3.8) is 0 Å². The van der Waals surface area contributed by atoms with E-state index in [4.69, 9.17) is 14.6 Å². The van der Waals surface area contributed by atoms with Gasteiger partial charge in [0.15, 0.2) is 18.3 Å². The Morgan fingerprint density at radius 1 is 0.922 bits per heavy atom. The average molecular weight is 712 g/mol. The van der Waals surface area contributed by atoms with E-state index in [0.717, 1.165) is 26.6 Å². The van der Waals surface area contributed by atoms with Gasteiger partial charge in [-0.1, -0.05) is 13.8 Å². The van der Waals surface area contributed by atoms with Crippen LogP contribution in [0.5, 0.6) is 0 Å². The van der Waals surface area contributed by atoms with E-state index in [1.54, 1.807) is 38.1 Å². The van der Waals surface area contributed by atoms with E-state index in [2.05, 4.69) is 44.4 Å². The number of fused-ring (bicyclic) bond motifs is 1. The second-order valence-electron chi connectivity index (χ2n) is 11.9. The Kier molecular flexibility index (Phi) is 14.0. The highest BCUT2D eigenvalue weighted by atomic mass is 16.6. The predicted octanol–water partition coefficient (Wildman–Crippen LogP) is 2.79. The van der Waals surface area contributed by atoms with Gasteiger partial charge in [-0.3, -0.25) is 19.2 Å². The number of rotatable bonds is 17. The number of hydrogen-bond donors (Lipinski definition) is 5. The molecule has 0 aliphatic carbocycles. The molecule has 16 nitrogen and oxygen atoms in total. The number of ether oxygens (including phenoxy) is 3. The van der Waals surface area contributed by atoms with E-state index in [1.807, 2.05) is 0 Å². The normalized spacial score (nSPS) is 14.6. The molecule has 3 atom stereocenters. The van der Waals surface area contributed by atoms with Crippen LogP contribution in [0, 0.1) is 13.8 Å². The second-order valence-corrected chi connectivity index (χ2v) is 11.9. The van der Waals surface area contributed by atoms with Gasteiger partial charge in [0.1, 0.15) is 0 Å². The fourth-order valence-corrected chi connectivity index (χ4v) is 5.15. The van der Waals surface area contributed by atoms with Crippen LogP contribution in [-0.4, -0.2) is 101 Å². The molecule has 0 saturated carbocycles. The molecule has 0 spiro atoms. The van der Waals surface area contributed by atoms with Crippen LogP contribution in [-0.2, 0) is 43.0 Å². The molecule has 0 bridgehead atoms. The van der Waals surface area contributed by atoms with Crippen LogP contribution in [0.4, 0.5) is 11.4 Å². The highest BCUT2D eigenvalue weighted by Crippen LogP contribution is 2.36. The molecule has 0 unspecified atom stereocenters. The molecule has 3 rings (SSSR count). The number of esters is 3. The van der Waals surface area contributed by atoms with E-state index < -0.39 is 48.1 Å². The Morgan fingerprint density at radius 3 is 2.18 bits per heavy atom. The van der Waals surface area contributed by atoms with Gasteiger partial charge in [-0.05, 0) is 77.5 Å². The molecule has 5 N–H and O–H groups in total. The molecule has 0 fully saturated rings. The Labute approximate surface area is 295 Å². The van der Waals surface area contributed by atoms with Crippen molar-refractivity contribution >= 4 is 64.6 Å². The molecule has 2 aromatic rings. The van der Waals surface area contributed by atoms with Gasteiger partial charge in [0, 0.05) is 47.8 Å². The van der Waals surface area contributed by atoms with Crippen LogP contribution in [0.25, 0.3) is 11.6 Å². The molecule has 0 radical (unpaired) electrons. The molecule has 1 aliphatic rings. The number of nitrogens with one attached hydrogen (secondary N) is 4. The van der Waals surface area contributed by atoms with Crippen LogP contribution in [0.2, 0.25) is 0 Å². The number of likely N-dealkylation sites (N-methyl/N-ethyl adjacent to an activating group) is 1. The van der Waals surface area contributed by atoms with Gasteiger partial charge in [-0.15, -0.1) is 0 Å². The molecular formula is C35H45N5O11. The van der Waals surface area contributed by atoms with Crippen molar-refractivity contribution in [3.05, 3.63) is 46.3 Å². The topological polar surface area (TPSA) is 223 Å². The monoisotopic (exact) mass is 711 g/mol. The summed E-state index contributed by atoms with van der Waals surface area (Å²) in [5.74, 6) is -5.53. The quantitative estimate of drug-likeness (QED) is 0.0908. The predicted molar refractivity (Wildman–Crippen MR) is 185 cm³/mol. The molecule has 1 aliphatic heterocycles. The lowest BCUT2D eigenvalue weighted by Crippen LogP contribution is -2.35. The number of benzene rings is 1. The number of aryl methyl sites for hydroxylation is 1. The van der Waals surface area contributed by atoms with Gasteiger partial charge in [-0.25, -0.2) is 14.4 Å². The van der Waals surface area contributed by atoms with Crippen LogP contribution < -0.4 is 16.0 Å². The Balaban J connectivity index is 1.59. The highest BCUT2D eigenvalue weighted by Gasteiger charge is 2.29. The molecular weight excluding hydrogens is 666 g/mol. The molecule has 2 heterocycles. The average Bonchev–Trinajstić information content (AvgIpc) is 3.54. The lowest BCUT2D eigenvalue weighted by atomic mass is 10.0. The first-order valence-corrected chi connectivity index (χ1v) is 16.6. The fourth-order valence-electron chi connectivity index (χ4n) is 5.15. The first-order valence-electron chi connectivity index (χ1n) is 16.6. The number of carbonyl (C=O) groups excluding carboxylic acids is 6.